The number of hydrogen-bond donors (Lipinski definition) is 0. The van der Waals surface area contributed by atoms with Crippen molar-refractivity contribution < 1.29 is 26.7 Å². The summed E-state index contributed by atoms with van der Waals surface area (Å²) in [6, 6.07) is 12.6. The highest BCUT2D eigenvalue weighted by Crippen LogP contribution is 2.38. The molecule has 0 aliphatic carbocycles. The summed E-state index contributed by atoms with van der Waals surface area (Å²) in [6.07, 6.45) is 0. The van der Waals surface area contributed by atoms with Crippen molar-refractivity contribution in [2.75, 3.05) is 0 Å². The highest BCUT2D eigenvalue weighted by molar-refractivity contribution is 5.94. The lowest BCUT2D eigenvalue weighted by Gasteiger charge is -2.18. The molecule has 0 atom stereocenters. The molecule has 0 aliphatic rings. The number of ketones is 1. The number of rotatable bonds is 4. The third kappa shape index (κ3) is 3.47. The zero-order chi connectivity index (χ0) is 19.8. The monoisotopic (exact) mass is 376 g/mol. The van der Waals surface area contributed by atoms with Crippen LogP contribution in [0.3, 0.4) is 0 Å². The maximum absolute atomic E-state index is 14.6. The molecule has 0 spiro atoms. The highest BCUT2D eigenvalue weighted by atomic mass is 19.3. The van der Waals surface area contributed by atoms with E-state index in [2.05, 4.69) is 0 Å². The minimum Gasteiger partial charge on any atom is -0.295 e. The quantitative estimate of drug-likeness (QED) is 0.305. The molecule has 3 rings (SSSR count). The largest absolute Gasteiger partial charge is 0.301 e. The lowest BCUT2D eigenvalue weighted by Crippen LogP contribution is -2.18. The first-order chi connectivity index (χ1) is 12.7. The van der Waals surface area contributed by atoms with E-state index in [4.69, 9.17) is 0 Å². The zero-order valence-electron chi connectivity index (χ0n) is 14.1. The Morgan fingerprint density at radius 2 is 1.26 bits per heavy atom. The van der Waals surface area contributed by atoms with Gasteiger partial charge < -0.3 is 0 Å². The van der Waals surface area contributed by atoms with Crippen LogP contribution in [0.1, 0.15) is 28.4 Å². The summed E-state index contributed by atoms with van der Waals surface area (Å²) in [5.74, 6) is -9.31. The summed E-state index contributed by atoms with van der Waals surface area (Å²) in [4.78, 5) is 11.3. The van der Waals surface area contributed by atoms with E-state index in [-0.39, 0.29) is 5.78 Å². The van der Waals surface area contributed by atoms with Crippen LogP contribution in [0.5, 0.6) is 0 Å². The van der Waals surface area contributed by atoms with Gasteiger partial charge in [0.05, 0.1) is 5.56 Å². The Hall–Kier alpha value is -3.02. The van der Waals surface area contributed by atoms with Gasteiger partial charge in [-0.25, -0.2) is 13.2 Å². The molecule has 3 aromatic carbocycles. The lowest BCUT2D eigenvalue weighted by molar-refractivity contribution is 0.0379. The van der Waals surface area contributed by atoms with Gasteiger partial charge in [-0.15, -0.1) is 0 Å². The molecule has 0 aromatic heterocycles. The van der Waals surface area contributed by atoms with Crippen molar-refractivity contribution in [1.82, 2.24) is 0 Å². The van der Waals surface area contributed by atoms with Gasteiger partial charge in [0.1, 0.15) is 0 Å². The maximum Gasteiger partial charge on any atom is 0.301 e. The molecule has 1 nitrogen and oxygen atoms in total. The van der Waals surface area contributed by atoms with Crippen LogP contribution in [0.4, 0.5) is 22.0 Å². The summed E-state index contributed by atoms with van der Waals surface area (Å²) < 4.78 is 69.2. The Labute approximate surface area is 152 Å². The van der Waals surface area contributed by atoms with E-state index in [0.717, 1.165) is 12.1 Å². The third-order valence-electron chi connectivity index (χ3n) is 4.25. The fourth-order valence-corrected chi connectivity index (χ4v) is 2.69. The average molecular weight is 376 g/mol. The first-order valence-electron chi connectivity index (χ1n) is 7.95. The van der Waals surface area contributed by atoms with Crippen LogP contribution >= 0.6 is 0 Å². The van der Waals surface area contributed by atoms with E-state index in [1.807, 2.05) is 0 Å². The van der Waals surface area contributed by atoms with Crippen LogP contribution in [-0.2, 0) is 5.92 Å². The normalized spacial score (nSPS) is 11.5. The van der Waals surface area contributed by atoms with Crippen LogP contribution in [-0.4, -0.2) is 5.78 Å². The minimum absolute atomic E-state index is 0.0925. The smallest absolute Gasteiger partial charge is 0.295 e. The van der Waals surface area contributed by atoms with Crippen LogP contribution in [0, 0.1) is 17.5 Å². The number of alkyl halides is 2. The van der Waals surface area contributed by atoms with Gasteiger partial charge in [0.25, 0.3) is 0 Å². The summed E-state index contributed by atoms with van der Waals surface area (Å²) in [7, 11) is 0. The molecule has 0 heterocycles. The third-order valence-corrected chi connectivity index (χ3v) is 4.25. The predicted octanol–water partition coefficient (Wildman–Crippen LogP) is 6.11. The molecule has 0 unspecified atom stereocenters. The fourth-order valence-electron chi connectivity index (χ4n) is 2.69. The van der Waals surface area contributed by atoms with Gasteiger partial charge in [0, 0.05) is 11.1 Å². The van der Waals surface area contributed by atoms with Crippen molar-refractivity contribution in [3.05, 3.63) is 94.8 Å². The van der Waals surface area contributed by atoms with Crippen LogP contribution in [0.2, 0.25) is 0 Å². The van der Waals surface area contributed by atoms with Gasteiger partial charge in [-0.1, -0.05) is 48.5 Å². The second kappa shape index (κ2) is 6.95. The number of carbonyl (C=O) groups excluding carboxylic acids is 1. The van der Waals surface area contributed by atoms with E-state index >= 15 is 0 Å². The van der Waals surface area contributed by atoms with Gasteiger partial charge in [0.2, 0.25) is 0 Å². The molecule has 0 saturated carbocycles. The molecule has 6 heteroatoms. The standard InChI is InChI=1S/C21H13F5O/c1-12(27)13-2-4-14(5-3-13)15-6-8-16(9-7-15)21(25,26)17-10-11-18(22)20(24)19(17)23/h2-11H,1H3. The molecule has 0 fully saturated rings. The second-order valence-corrected chi connectivity index (χ2v) is 6.01. The van der Waals surface area contributed by atoms with Crippen LogP contribution in [0.15, 0.2) is 60.7 Å². The Morgan fingerprint density at radius 3 is 1.78 bits per heavy atom. The molecule has 3 aromatic rings. The SMILES string of the molecule is CC(=O)c1ccc(-c2ccc(C(F)(F)c3ccc(F)c(F)c3F)cc2)cc1. The first-order valence-corrected chi connectivity index (χ1v) is 7.95. The highest BCUT2D eigenvalue weighted by Gasteiger charge is 2.38. The molecule has 0 amide bonds. The van der Waals surface area contributed by atoms with Gasteiger partial charge in [-0.3, -0.25) is 4.79 Å². The van der Waals surface area contributed by atoms with Crippen molar-refractivity contribution in [2.24, 2.45) is 0 Å². The van der Waals surface area contributed by atoms with E-state index in [9.17, 15) is 26.7 Å². The first kappa shape index (κ1) is 18.8. The Morgan fingerprint density at radius 1 is 0.741 bits per heavy atom. The molecular formula is C21H13F5O. The van der Waals surface area contributed by atoms with Gasteiger partial charge in [-0.05, 0) is 30.2 Å². The van der Waals surface area contributed by atoms with Crippen molar-refractivity contribution in [3.63, 3.8) is 0 Å². The van der Waals surface area contributed by atoms with Crippen molar-refractivity contribution in [1.29, 1.82) is 0 Å². The van der Waals surface area contributed by atoms with Gasteiger partial charge >= 0.3 is 5.92 Å². The van der Waals surface area contributed by atoms with E-state index in [1.54, 1.807) is 24.3 Å². The summed E-state index contributed by atoms with van der Waals surface area (Å²) >= 11 is 0. The van der Waals surface area contributed by atoms with E-state index in [1.165, 1.54) is 19.1 Å². The molecule has 0 radical (unpaired) electrons. The zero-order valence-corrected chi connectivity index (χ0v) is 14.1. The van der Waals surface area contributed by atoms with E-state index < -0.39 is 34.5 Å². The summed E-state index contributed by atoms with van der Waals surface area (Å²) in [6.45, 7) is 1.43. The number of benzene rings is 3. The number of carbonyl (C=O) groups is 1. The Kier molecular flexibility index (Phi) is 4.83. The van der Waals surface area contributed by atoms with Crippen LogP contribution in [0.25, 0.3) is 11.1 Å². The number of Topliss-reactive ketones (excluding diaryl/α,β-unsaturated/α-hetero) is 1. The molecule has 27 heavy (non-hydrogen) atoms. The number of halogens is 5. The van der Waals surface area contributed by atoms with E-state index in [0.29, 0.717) is 28.8 Å². The average Bonchev–Trinajstić information content (AvgIpc) is 2.66. The van der Waals surface area contributed by atoms with Gasteiger partial charge in [-0.2, -0.15) is 8.78 Å². The molecule has 138 valence electrons. The number of hydrogen-bond acceptors (Lipinski definition) is 1. The molecule has 0 aliphatic heterocycles. The minimum atomic E-state index is -3.84. The summed E-state index contributed by atoms with van der Waals surface area (Å²) in [5.41, 5.74) is 0.0384. The predicted molar refractivity (Wildman–Crippen MR) is 91.2 cm³/mol. The van der Waals surface area contributed by atoms with Crippen LogP contribution < -0.4 is 0 Å². The van der Waals surface area contributed by atoms with Gasteiger partial charge in [0.15, 0.2) is 23.2 Å². The Balaban J connectivity index is 1.94. The molecule has 0 bridgehead atoms. The summed E-state index contributed by atoms with van der Waals surface area (Å²) in [5, 5.41) is 0. The topological polar surface area (TPSA) is 17.1 Å². The Bertz CT molecular complexity index is 992. The van der Waals surface area contributed by atoms with Crippen molar-refractivity contribution >= 4 is 5.78 Å². The van der Waals surface area contributed by atoms with Crippen molar-refractivity contribution in [2.45, 2.75) is 12.8 Å². The second-order valence-electron chi connectivity index (χ2n) is 6.01. The van der Waals surface area contributed by atoms with Crippen molar-refractivity contribution in [3.8, 4) is 11.1 Å². The molecular weight excluding hydrogens is 363 g/mol. The lowest BCUT2D eigenvalue weighted by atomic mass is 9.96. The fraction of sp³-hybridized carbons (Fsp3) is 0.0952. The molecule has 0 N–H and O–H groups in total. The maximum atomic E-state index is 14.6. The molecule has 0 saturated heterocycles.